The number of anilines is 3. The van der Waals surface area contributed by atoms with Gasteiger partial charge in [-0.15, -0.1) is 0 Å². The Morgan fingerprint density at radius 3 is 2.68 bits per heavy atom. The minimum Gasteiger partial charge on any atom is -0.478 e. The van der Waals surface area contributed by atoms with Gasteiger partial charge in [-0.3, -0.25) is 0 Å². The van der Waals surface area contributed by atoms with Gasteiger partial charge in [0.1, 0.15) is 0 Å². The van der Waals surface area contributed by atoms with Crippen molar-refractivity contribution in [1.29, 1.82) is 0 Å². The second-order valence-corrected chi connectivity index (χ2v) is 5.09. The number of nitrogens with one attached hydrogen (secondary N) is 1. The molecule has 98 valence electrons. The van der Waals surface area contributed by atoms with Crippen LogP contribution in [0.25, 0.3) is 0 Å². The predicted molar refractivity (Wildman–Crippen MR) is 80.2 cm³/mol. The molecule has 0 bridgehead atoms. The van der Waals surface area contributed by atoms with Gasteiger partial charge in [0.2, 0.25) is 0 Å². The molecule has 19 heavy (non-hydrogen) atoms. The van der Waals surface area contributed by atoms with E-state index in [-0.39, 0.29) is 11.3 Å². The molecule has 2 rings (SSSR count). The van der Waals surface area contributed by atoms with E-state index in [0.29, 0.717) is 10.7 Å². The van der Waals surface area contributed by atoms with Gasteiger partial charge >= 0.3 is 5.97 Å². The van der Waals surface area contributed by atoms with Crippen LogP contribution >= 0.6 is 27.5 Å². The quantitative estimate of drug-likeness (QED) is 0.734. The van der Waals surface area contributed by atoms with E-state index in [2.05, 4.69) is 21.2 Å². The Morgan fingerprint density at radius 1 is 1.32 bits per heavy atom. The molecule has 0 amide bonds. The van der Waals surface area contributed by atoms with Crippen molar-refractivity contribution < 1.29 is 9.90 Å². The Bertz CT molecular complexity index is 647. The van der Waals surface area contributed by atoms with E-state index in [0.717, 1.165) is 10.2 Å². The lowest BCUT2D eigenvalue weighted by Gasteiger charge is -2.11. The summed E-state index contributed by atoms with van der Waals surface area (Å²) in [5.41, 5.74) is 7.37. The van der Waals surface area contributed by atoms with Gasteiger partial charge < -0.3 is 16.2 Å². The third-order valence-electron chi connectivity index (χ3n) is 2.54. The third kappa shape index (κ3) is 3.00. The van der Waals surface area contributed by atoms with Gasteiger partial charge in [0, 0.05) is 10.2 Å². The maximum Gasteiger partial charge on any atom is 0.337 e. The summed E-state index contributed by atoms with van der Waals surface area (Å²) in [6, 6.07) is 10.1. The molecule has 0 spiro atoms. The van der Waals surface area contributed by atoms with E-state index in [1.807, 2.05) is 0 Å². The van der Waals surface area contributed by atoms with Crippen LogP contribution in [-0.4, -0.2) is 11.1 Å². The van der Waals surface area contributed by atoms with E-state index < -0.39 is 5.97 Å². The first-order valence-corrected chi connectivity index (χ1v) is 6.50. The Labute approximate surface area is 123 Å². The number of nitrogens with two attached hydrogens (primary N) is 1. The van der Waals surface area contributed by atoms with Crippen LogP contribution in [0.2, 0.25) is 5.02 Å². The van der Waals surface area contributed by atoms with Gasteiger partial charge in [-0.05, 0) is 46.3 Å². The van der Waals surface area contributed by atoms with Crippen LogP contribution in [0.4, 0.5) is 17.1 Å². The van der Waals surface area contributed by atoms with Gasteiger partial charge in [0.25, 0.3) is 0 Å². The summed E-state index contributed by atoms with van der Waals surface area (Å²) in [7, 11) is 0. The van der Waals surface area contributed by atoms with Crippen LogP contribution in [-0.2, 0) is 0 Å². The molecule has 0 radical (unpaired) electrons. The van der Waals surface area contributed by atoms with E-state index in [1.165, 1.54) is 6.07 Å². The number of hydrogen-bond acceptors (Lipinski definition) is 3. The third-order valence-corrected chi connectivity index (χ3v) is 3.75. The Morgan fingerprint density at radius 2 is 2.05 bits per heavy atom. The normalized spacial score (nSPS) is 10.2. The fourth-order valence-electron chi connectivity index (χ4n) is 1.59. The van der Waals surface area contributed by atoms with Crippen molar-refractivity contribution in [3.63, 3.8) is 0 Å². The molecular weight excluding hydrogens is 332 g/mol. The molecule has 4 N–H and O–H groups in total. The lowest BCUT2D eigenvalue weighted by Crippen LogP contribution is -2.05. The molecule has 0 aliphatic heterocycles. The predicted octanol–water partition coefficient (Wildman–Crippen LogP) is 4.13. The van der Waals surface area contributed by atoms with Gasteiger partial charge in [0.15, 0.2) is 0 Å². The summed E-state index contributed by atoms with van der Waals surface area (Å²) < 4.78 is 0.743. The number of benzene rings is 2. The first-order valence-electron chi connectivity index (χ1n) is 5.33. The van der Waals surface area contributed by atoms with Crippen molar-refractivity contribution in [1.82, 2.24) is 0 Å². The summed E-state index contributed by atoms with van der Waals surface area (Å²) in [4.78, 5) is 11.0. The second-order valence-electron chi connectivity index (χ2n) is 3.83. The smallest absolute Gasteiger partial charge is 0.337 e. The number of halogens is 2. The van der Waals surface area contributed by atoms with Crippen molar-refractivity contribution in [2.45, 2.75) is 0 Å². The maximum atomic E-state index is 11.0. The van der Waals surface area contributed by atoms with E-state index >= 15 is 0 Å². The molecule has 0 saturated carbocycles. The van der Waals surface area contributed by atoms with Crippen LogP contribution in [0.3, 0.4) is 0 Å². The number of carboxylic acids is 1. The van der Waals surface area contributed by atoms with E-state index in [4.69, 9.17) is 22.4 Å². The summed E-state index contributed by atoms with van der Waals surface area (Å²) in [5, 5.41) is 12.7. The number of rotatable bonds is 3. The molecule has 0 fully saturated rings. The second kappa shape index (κ2) is 5.50. The summed E-state index contributed by atoms with van der Waals surface area (Å²) in [6.07, 6.45) is 0. The Hall–Kier alpha value is -1.72. The highest BCUT2D eigenvalue weighted by Gasteiger charge is 2.11. The summed E-state index contributed by atoms with van der Waals surface area (Å²) in [5.74, 6) is -1.06. The zero-order valence-corrected chi connectivity index (χ0v) is 12.0. The van der Waals surface area contributed by atoms with Crippen molar-refractivity contribution in [3.8, 4) is 0 Å². The highest BCUT2D eigenvalue weighted by molar-refractivity contribution is 9.10. The Kier molecular flexibility index (Phi) is 3.97. The van der Waals surface area contributed by atoms with Gasteiger partial charge in [-0.25, -0.2) is 4.79 Å². The zero-order valence-electron chi connectivity index (χ0n) is 9.65. The fraction of sp³-hybridized carbons (Fsp3) is 0. The number of carbonyl (C=O) groups is 1. The molecular formula is C13H10BrClN2O2. The topological polar surface area (TPSA) is 75.3 Å². The van der Waals surface area contributed by atoms with Crippen molar-refractivity contribution in [2.75, 3.05) is 11.1 Å². The lowest BCUT2D eigenvalue weighted by molar-refractivity contribution is 0.0698. The van der Waals surface area contributed by atoms with Crippen LogP contribution in [0.5, 0.6) is 0 Å². The monoisotopic (exact) mass is 340 g/mol. The zero-order chi connectivity index (χ0) is 14.0. The molecule has 0 saturated heterocycles. The highest BCUT2D eigenvalue weighted by Crippen LogP contribution is 2.30. The van der Waals surface area contributed by atoms with E-state index in [9.17, 15) is 4.79 Å². The van der Waals surface area contributed by atoms with E-state index in [1.54, 1.807) is 30.3 Å². The summed E-state index contributed by atoms with van der Waals surface area (Å²) >= 11 is 9.22. The Balaban J connectivity index is 2.35. The molecule has 6 heteroatoms. The number of para-hydroxylation sites is 1. The molecule has 0 aliphatic rings. The number of nitrogen functional groups attached to an aromatic ring is 1. The van der Waals surface area contributed by atoms with Crippen LogP contribution in [0.15, 0.2) is 40.9 Å². The highest BCUT2D eigenvalue weighted by atomic mass is 79.9. The molecule has 0 heterocycles. The molecule has 4 nitrogen and oxygen atoms in total. The van der Waals surface area contributed by atoms with Crippen LogP contribution in [0.1, 0.15) is 10.4 Å². The fourth-order valence-corrected chi connectivity index (χ4v) is 2.09. The molecule has 0 aliphatic carbocycles. The van der Waals surface area contributed by atoms with Crippen LogP contribution in [0, 0.1) is 0 Å². The van der Waals surface area contributed by atoms with Crippen LogP contribution < -0.4 is 11.1 Å². The van der Waals surface area contributed by atoms with Crippen molar-refractivity contribution in [3.05, 3.63) is 51.5 Å². The lowest BCUT2D eigenvalue weighted by atomic mass is 10.1. The molecule has 2 aromatic rings. The van der Waals surface area contributed by atoms with Crippen molar-refractivity contribution in [2.24, 2.45) is 0 Å². The minimum atomic E-state index is -1.06. The van der Waals surface area contributed by atoms with Crippen molar-refractivity contribution >= 4 is 50.6 Å². The van der Waals surface area contributed by atoms with Gasteiger partial charge in [-0.2, -0.15) is 0 Å². The number of carboxylic acid groups (broad SMARTS) is 1. The van der Waals surface area contributed by atoms with Gasteiger partial charge in [0.05, 0.1) is 22.0 Å². The standard InChI is InChI=1S/C13H10BrClN2O2/c14-9-6-7(4-5-10(9)15)17-11-3-1-2-8(12(11)16)13(18)19/h1-6,17H,16H2,(H,18,19). The minimum absolute atomic E-state index is 0.0676. The molecule has 0 atom stereocenters. The molecule has 2 aromatic carbocycles. The first kappa shape index (κ1) is 13.7. The van der Waals surface area contributed by atoms with Gasteiger partial charge in [-0.1, -0.05) is 17.7 Å². The average Bonchev–Trinajstić information content (AvgIpc) is 2.36. The molecule has 0 aromatic heterocycles. The summed E-state index contributed by atoms with van der Waals surface area (Å²) in [6.45, 7) is 0. The average molecular weight is 342 g/mol. The SMILES string of the molecule is Nc1c(Nc2ccc(Cl)c(Br)c2)cccc1C(=O)O. The largest absolute Gasteiger partial charge is 0.478 e. The first-order chi connectivity index (χ1) is 8.99. The number of hydrogen-bond donors (Lipinski definition) is 3. The molecule has 0 unspecified atom stereocenters. The maximum absolute atomic E-state index is 11.0. The number of aromatic carboxylic acids is 1.